The molecule has 3 aromatic heterocycles. The highest BCUT2D eigenvalue weighted by Gasteiger charge is 2.15. The lowest BCUT2D eigenvalue weighted by Gasteiger charge is -2.11. The molecule has 11 heteroatoms. The zero-order valence-electron chi connectivity index (χ0n) is 21.0. The number of benzene rings is 2. The topological polar surface area (TPSA) is 109 Å². The zero-order chi connectivity index (χ0) is 27.9. The van der Waals surface area contributed by atoms with Crippen molar-refractivity contribution in [3.63, 3.8) is 0 Å². The molecule has 0 aliphatic rings. The normalized spacial score (nSPS) is 10.5. The summed E-state index contributed by atoms with van der Waals surface area (Å²) >= 11 is 6.39. The molecule has 0 aliphatic heterocycles. The largest absolute Gasteiger partial charge is 0.504 e. The van der Waals surface area contributed by atoms with Crippen LogP contribution in [-0.4, -0.2) is 27.2 Å². The lowest BCUT2D eigenvalue weighted by molar-refractivity contribution is 0.371. The number of aromatic amines is 1. The number of halogens is 2. The van der Waals surface area contributed by atoms with Crippen molar-refractivity contribution in [3.05, 3.63) is 101 Å². The molecule has 0 saturated heterocycles. The number of hydrogen-bond acceptors (Lipinski definition) is 8. The third kappa shape index (κ3) is 6.75. The molecule has 5 rings (SSSR count). The van der Waals surface area contributed by atoms with Gasteiger partial charge >= 0.3 is 0 Å². The van der Waals surface area contributed by atoms with Gasteiger partial charge in [-0.3, -0.25) is 4.98 Å². The fraction of sp³-hybridized carbons (Fsp3) is 0.107. The van der Waals surface area contributed by atoms with E-state index in [0.717, 1.165) is 44.0 Å². The molecule has 200 valence electrons. The van der Waals surface area contributed by atoms with Crippen LogP contribution in [0.4, 0.5) is 19.6 Å². The minimum absolute atomic E-state index is 0.165. The first-order valence-corrected chi connectivity index (χ1v) is 12.9. The zero-order valence-corrected chi connectivity index (χ0v) is 22.7. The van der Waals surface area contributed by atoms with Crippen molar-refractivity contribution in [1.29, 1.82) is 0 Å². The SMILES string of the molecule is COc1cccc(CNc2c[nH]c(=S)c(C)c2)c1O.Nc1nc(-c2ccc(F)c(F)c2)c(-c2cccnc2)s1. The van der Waals surface area contributed by atoms with Crippen LogP contribution in [0.3, 0.4) is 0 Å². The molecule has 0 atom stereocenters. The molecule has 0 fully saturated rings. The van der Waals surface area contributed by atoms with E-state index in [2.05, 4.69) is 20.3 Å². The van der Waals surface area contributed by atoms with Gasteiger partial charge < -0.3 is 25.9 Å². The maximum atomic E-state index is 13.4. The number of phenolic OH excluding ortho intramolecular Hbond substituents is 1. The average Bonchev–Trinajstić information content (AvgIpc) is 3.34. The summed E-state index contributed by atoms with van der Waals surface area (Å²) < 4.78 is 32.2. The van der Waals surface area contributed by atoms with Crippen molar-refractivity contribution in [2.45, 2.75) is 13.5 Å². The second kappa shape index (κ2) is 12.5. The quantitative estimate of drug-likeness (QED) is 0.162. The second-order valence-electron chi connectivity index (χ2n) is 8.32. The van der Waals surface area contributed by atoms with Crippen molar-refractivity contribution >= 4 is 34.4 Å². The Morgan fingerprint density at radius 2 is 1.92 bits per heavy atom. The number of aromatic nitrogens is 3. The number of nitrogen functional groups attached to an aromatic ring is 1. The Morgan fingerprint density at radius 3 is 2.62 bits per heavy atom. The number of aromatic hydroxyl groups is 1. The van der Waals surface area contributed by atoms with E-state index in [9.17, 15) is 13.9 Å². The molecule has 39 heavy (non-hydrogen) atoms. The number of phenols is 1. The van der Waals surface area contributed by atoms with Gasteiger partial charge in [0.15, 0.2) is 28.3 Å². The van der Waals surface area contributed by atoms with Crippen molar-refractivity contribution in [1.82, 2.24) is 15.0 Å². The molecule has 0 amide bonds. The van der Waals surface area contributed by atoms with Gasteiger partial charge in [0.2, 0.25) is 0 Å². The van der Waals surface area contributed by atoms with Crippen LogP contribution in [0.2, 0.25) is 0 Å². The van der Waals surface area contributed by atoms with Gasteiger partial charge in [0.05, 0.1) is 23.4 Å². The van der Waals surface area contributed by atoms with Gasteiger partial charge in [-0.2, -0.15) is 0 Å². The Labute approximate surface area is 233 Å². The van der Waals surface area contributed by atoms with Crippen LogP contribution in [0, 0.1) is 23.2 Å². The Morgan fingerprint density at radius 1 is 1.10 bits per heavy atom. The number of nitrogens with one attached hydrogen (secondary N) is 2. The van der Waals surface area contributed by atoms with Gasteiger partial charge in [0.25, 0.3) is 0 Å². The van der Waals surface area contributed by atoms with E-state index in [0.29, 0.717) is 28.7 Å². The highest BCUT2D eigenvalue weighted by molar-refractivity contribution is 7.71. The molecule has 3 heterocycles. The molecule has 0 radical (unpaired) electrons. The van der Waals surface area contributed by atoms with Crippen molar-refractivity contribution < 1.29 is 18.6 Å². The Kier molecular flexibility index (Phi) is 8.84. The van der Waals surface area contributed by atoms with Crippen molar-refractivity contribution in [2.75, 3.05) is 18.2 Å². The van der Waals surface area contributed by atoms with Crippen LogP contribution in [0.15, 0.2) is 73.2 Å². The highest BCUT2D eigenvalue weighted by Crippen LogP contribution is 2.38. The first-order chi connectivity index (χ1) is 18.8. The number of methoxy groups -OCH3 is 1. The third-order valence-electron chi connectivity index (χ3n) is 5.63. The number of hydrogen-bond donors (Lipinski definition) is 4. The van der Waals surface area contributed by atoms with Crippen LogP contribution in [-0.2, 0) is 6.54 Å². The van der Waals surface area contributed by atoms with E-state index >= 15 is 0 Å². The van der Waals surface area contributed by atoms with Gasteiger partial charge in [0.1, 0.15) is 4.64 Å². The van der Waals surface area contributed by atoms with Crippen LogP contribution in [0.5, 0.6) is 11.5 Å². The summed E-state index contributed by atoms with van der Waals surface area (Å²) in [5.74, 6) is -1.16. The van der Waals surface area contributed by atoms with Crippen LogP contribution in [0.25, 0.3) is 21.7 Å². The van der Waals surface area contributed by atoms with Crippen LogP contribution < -0.4 is 15.8 Å². The molecule has 5 N–H and O–H groups in total. The molecule has 0 aliphatic carbocycles. The summed E-state index contributed by atoms with van der Waals surface area (Å²) in [4.78, 5) is 12.0. The standard InChI is InChI=1S/C14H9F2N3S.C14H16N2O2S/c15-10-4-3-8(6-11(10)16)12-13(20-14(17)19-12)9-2-1-5-18-7-9;1-9-6-11(8-16-14(9)19)15-7-10-4-3-5-12(18-2)13(10)17/h1-7H,(H2,17,19);3-6,8,15,17H,7H2,1-2H3,(H,16,19). The molecule has 2 aromatic carbocycles. The number of thiazole rings is 1. The van der Waals surface area contributed by atoms with Gasteiger partial charge in [-0.05, 0) is 48.9 Å². The van der Waals surface area contributed by atoms with E-state index in [1.807, 2.05) is 37.4 Å². The first-order valence-electron chi connectivity index (χ1n) is 11.7. The molecule has 0 unspecified atom stereocenters. The number of anilines is 2. The van der Waals surface area contributed by atoms with Crippen molar-refractivity contribution in [2.24, 2.45) is 0 Å². The summed E-state index contributed by atoms with van der Waals surface area (Å²) in [5.41, 5.74) is 10.3. The number of H-pyrrole nitrogens is 1. The maximum absolute atomic E-state index is 13.4. The number of rotatable bonds is 6. The summed E-state index contributed by atoms with van der Waals surface area (Å²) in [5, 5.41) is 13.6. The van der Waals surface area contributed by atoms with Crippen molar-refractivity contribution in [3.8, 4) is 33.2 Å². The lowest BCUT2D eigenvalue weighted by Crippen LogP contribution is -2.01. The number of ether oxygens (including phenoxy) is 1. The summed E-state index contributed by atoms with van der Waals surface area (Å²) in [6, 6.07) is 14.7. The number of para-hydroxylation sites is 1. The minimum Gasteiger partial charge on any atom is -0.504 e. The predicted octanol–water partition coefficient (Wildman–Crippen LogP) is 7.11. The van der Waals surface area contributed by atoms with Gasteiger partial charge in [0, 0.05) is 41.8 Å². The molecule has 5 aromatic rings. The third-order valence-corrected chi connectivity index (χ3v) is 7.01. The van der Waals surface area contributed by atoms with Gasteiger partial charge in [-0.1, -0.05) is 41.8 Å². The molecule has 7 nitrogen and oxygen atoms in total. The summed E-state index contributed by atoms with van der Waals surface area (Å²) in [7, 11) is 1.53. The molecule has 0 bridgehead atoms. The van der Waals surface area contributed by atoms with Gasteiger partial charge in [-0.15, -0.1) is 0 Å². The monoisotopic (exact) mass is 565 g/mol. The fourth-order valence-electron chi connectivity index (χ4n) is 3.64. The smallest absolute Gasteiger partial charge is 0.181 e. The Hall–Kier alpha value is -4.35. The maximum Gasteiger partial charge on any atom is 0.181 e. The van der Waals surface area contributed by atoms with Gasteiger partial charge in [-0.25, -0.2) is 13.8 Å². The molecule has 0 saturated carbocycles. The molecular formula is C28H25F2N5O2S2. The predicted molar refractivity (Wildman–Crippen MR) is 153 cm³/mol. The lowest BCUT2D eigenvalue weighted by atomic mass is 10.1. The number of aryl methyl sites for hydroxylation is 1. The van der Waals surface area contributed by atoms with E-state index in [1.165, 1.54) is 24.5 Å². The van der Waals surface area contributed by atoms with E-state index in [1.54, 1.807) is 24.5 Å². The molecule has 0 spiro atoms. The Bertz CT molecular complexity index is 1640. The van der Waals surface area contributed by atoms with E-state index in [4.69, 9.17) is 22.7 Å². The van der Waals surface area contributed by atoms with E-state index < -0.39 is 11.6 Å². The highest BCUT2D eigenvalue weighted by atomic mass is 32.1. The second-order valence-corrected chi connectivity index (χ2v) is 9.76. The number of pyridine rings is 2. The number of nitrogens with zero attached hydrogens (tertiary/aromatic N) is 2. The molecular weight excluding hydrogens is 540 g/mol. The average molecular weight is 566 g/mol. The fourth-order valence-corrected chi connectivity index (χ4v) is 4.60. The number of nitrogens with two attached hydrogens (primary N) is 1. The van der Waals surface area contributed by atoms with Crippen LogP contribution in [0.1, 0.15) is 11.1 Å². The minimum atomic E-state index is -0.911. The first kappa shape index (κ1) is 27.7. The summed E-state index contributed by atoms with van der Waals surface area (Å²) in [6.07, 6.45) is 5.15. The van der Waals surface area contributed by atoms with E-state index in [-0.39, 0.29) is 5.75 Å². The summed E-state index contributed by atoms with van der Waals surface area (Å²) in [6.45, 7) is 2.46. The van der Waals surface area contributed by atoms with Crippen LogP contribution >= 0.6 is 23.6 Å². The Balaban J connectivity index is 0.000000181.